The monoisotopic (exact) mass is 284 g/mol. The molecule has 2 aliphatic carbocycles. The van der Waals surface area contributed by atoms with Gasteiger partial charge in [-0.2, -0.15) is 0 Å². The van der Waals surface area contributed by atoms with Crippen LogP contribution >= 0.6 is 0 Å². The van der Waals surface area contributed by atoms with Gasteiger partial charge in [-0.05, 0) is 50.4 Å². The second-order valence-electron chi connectivity index (χ2n) is 6.25. The van der Waals surface area contributed by atoms with Crippen molar-refractivity contribution >= 4 is 12.4 Å². The third kappa shape index (κ3) is 3.32. The van der Waals surface area contributed by atoms with Crippen molar-refractivity contribution in [3.63, 3.8) is 0 Å². The first-order valence-electron chi connectivity index (χ1n) is 7.50. The Labute approximate surface area is 119 Å². The quantitative estimate of drug-likeness (QED) is 0.573. The van der Waals surface area contributed by atoms with E-state index in [1.165, 1.54) is 0 Å². The van der Waals surface area contributed by atoms with Gasteiger partial charge >= 0.3 is 5.97 Å². The van der Waals surface area contributed by atoms with Crippen LogP contribution in [0.15, 0.2) is 0 Å². The van der Waals surface area contributed by atoms with E-state index in [4.69, 9.17) is 4.74 Å². The van der Waals surface area contributed by atoms with Crippen molar-refractivity contribution in [2.45, 2.75) is 51.6 Å². The Morgan fingerprint density at radius 1 is 1.25 bits per heavy atom. The molecule has 2 rings (SSSR count). The highest BCUT2D eigenvalue weighted by molar-refractivity contribution is 5.74. The van der Waals surface area contributed by atoms with Gasteiger partial charge in [0, 0.05) is 0 Å². The Bertz CT molecular complexity index is 340. The van der Waals surface area contributed by atoms with E-state index in [-0.39, 0.29) is 6.10 Å². The molecule has 2 atom stereocenters. The predicted octanol–water partition coefficient (Wildman–Crippen LogP) is 2.24. The molecule has 1 N–H and O–H groups in total. The minimum atomic E-state index is -0.631. The lowest BCUT2D eigenvalue weighted by atomic mass is 9.59. The Hall–Kier alpha value is -1.10. The van der Waals surface area contributed by atoms with Crippen LogP contribution in [0.2, 0.25) is 0 Å². The second-order valence-corrected chi connectivity index (χ2v) is 6.25. The number of rotatable bonds is 7. The predicted molar refractivity (Wildman–Crippen MR) is 72.2 cm³/mol. The van der Waals surface area contributed by atoms with E-state index in [9.17, 15) is 14.7 Å². The van der Waals surface area contributed by atoms with Crippen molar-refractivity contribution < 1.29 is 24.2 Å². The number of carboxylic acids is 1. The standard InChI is InChI=1S/C15H24O5/c1-2-15(14(17)18)8-11-5-12(9-15)7-13(6-11)20-4-3-19-10-16/h10-13H,2-9H2,1H3,(H,17,18). The Balaban J connectivity index is 1.88. The smallest absolute Gasteiger partial charge is 0.309 e. The summed E-state index contributed by atoms with van der Waals surface area (Å²) in [5, 5.41) is 9.53. The molecule has 0 aromatic carbocycles. The van der Waals surface area contributed by atoms with Crippen LogP contribution in [0.3, 0.4) is 0 Å². The van der Waals surface area contributed by atoms with Crippen LogP contribution < -0.4 is 0 Å². The van der Waals surface area contributed by atoms with E-state index in [1.54, 1.807) is 0 Å². The molecule has 5 heteroatoms. The molecular weight excluding hydrogens is 260 g/mol. The molecule has 2 bridgehead atoms. The maximum Gasteiger partial charge on any atom is 0.309 e. The van der Waals surface area contributed by atoms with Gasteiger partial charge in [0.25, 0.3) is 6.47 Å². The van der Waals surface area contributed by atoms with E-state index in [0.29, 0.717) is 37.9 Å². The van der Waals surface area contributed by atoms with Crippen molar-refractivity contribution in [3.05, 3.63) is 0 Å². The zero-order chi connectivity index (χ0) is 14.6. The molecule has 0 heterocycles. The summed E-state index contributed by atoms with van der Waals surface area (Å²) < 4.78 is 10.4. The molecule has 0 aromatic rings. The Kier molecular flexibility index (Phi) is 5.02. The molecule has 114 valence electrons. The topological polar surface area (TPSA) is 72.8 Å². The summed E-state index contributed by atoms with van der Waals surface area (Å²) in [6.07, 6.45) is 5.48. The number of hydrogen-bond acceptors (Lipinski definition) is 4. The van der Waals surface area contributed by atoms with Crippen LogP contribution in [0.5, 0.6) is 0 Å². The highest BCUT2D eigenvalue weighted by Crippen LogP contribution is 2.51. The fourth-order valence-corrected chi connectivity index (χ4v) is 4.09. The third-order valence-electron chi connectivity index (χ3n) is 4.97. The zero-order valence-corrected chi connectivity index (χ0v) is 12.0. The van der Waals surface area contributed by atoms with Crippen LogP contribution in [0.25, 0.3) is 0 Å². The van der Waals surface area contributed by atoms with Crippen molar-refractivity contribution in [2.24, 2.45) is 17.3 Å². The minimum Gasteiger partial charge on any atom is -0.481 e. The number of aliphatic carboxylic acids is 1. The normalized spacial score (nSPS) is 36.4. The number of ether oxygens (including phenoxy) is 2. The van der Waals surface area contributed by atoms with Gasteiger partial charge < -0.3 is 14.6 Å². The molecule has 2 saturated carbocycles. The summed E-state index contributed by atoms with van der Waals surface area (Å²) in [4.78, 5) is 21.6. The van der Waals surface area contributed by atoms with Crippen molar-refractivity contribution in [2.75, 3.05) is 13.2 Å². The number of hydrogen-bond donors (Lipinski definition) is 1. The van der Waals surface area contributed by atoms with Crippen molar-refractivity contribution in [1.29, 1.82) is 0 Å². The molecule has 0 radical (unpaired) electrons. The average molecular weight is 284 g/mol. The Morgan fingerprint density at radius 3 is 2.40 bits per heavy atom. The summed E-state index contributed by atoms with van der Waals surface area (Å²) in [7, 11) is 0. The van der Waals surface area contributed by atoms with E-state index >= 15 is 0 Å². The van der Waals surface area contributed by atoms with Crippen molar-refractivity contribution in [1.82, 2.24) is 0 Å². The van der Waals surface area contributed by atoms with Crippen LogP contribution in [0.4, 0.5) is 0 Å². The first kappa shape index (κ1) is 15.3. The lowest BCUT2D eigenvalue weighted by Gasteiger charge is -2.46. The Morgan fingerprint density at radius 2 is 1.90 bits per heavy atom. The third-order valence-corrected chi connectivity index (χ3v) is 4.97. The minimum absolute atomic E-state index is 0.192. The van der Waals surface area contributed by atoms with E-state index in [1.807, 2.05) is 6.92 Å². The van der Waals surface area contributed by atoms with E-state index < -0.39 is 11.4 Å². The summed E-state index contributed by atoms with van der Waals surface area (Å²) in [5.74, 6) is 0.277. The maximum atomic E-state index is 11.6. The second kappa shape index (κ2) is 6.57. The first-order chi connectivity index (χ1) is 9.59. The fourth-order valence-electron chi connectivity index (χ4n) is 4.09. The van der Waals surface area contributed by atoms with Crippen LogP contribution in [-0.4, -0.2) is 36.9 Å². The maximum absolute atomic E-state index is 11.6. The van der Waals surface area contributed by atoms with E-state index in [0.717, 1.165) is 32.1 Å². The lowest BCUT2D eigenvalue weighted by Crippen LogP contribution is -2.44. The van der Waals surface area contributed by atoms with Gasteiger partial charge in [0.2, 0.25) is 0 Å². The summed E-state index contributed by atoms with van der Waals surface area (Å²) in [5.41, 5.74) is -0.515. The van der Waals surface area contributed by atoms with Crippen LogP contribution in [0.1, 0.15) is 45.4 Å². The molecule has 0 saturated heterocycles. The molecule has 0 aromatic heterocycles. The highest BCUT2D eigenvalue weighted by Gasteiger charge is 2.47. The SMILES string of the molecule is CCC1(C(=O)O)CC2CC(CC(OCCOC=O)C2)C1. The highest BCUT2D eigenvalue weighted by atomic mass is 16.5. The van der Waals surface area contributed by atoms with Gasteiger partial charge in [-0.3, -0.25) is 9.59 Å². The molecule has 5 nitrogen and oxygen atoms in total. The first-order valence-corrected chi connectivity index (χ1v) is 7.50. The fraction of sp³-hybridized carbons (Fsp3) is 0.867. The molecular formula is C15H24O5. The van der Waals surface area contributed by atoms with Crippen LogP contribution in [0, 0.1) is 17.3 Å². The van der Waals surface area contributed by atoms with E-state index in [2.05, 4.69) is 4.74 Å². The van der Waals surface area contributed by atoms with Crippen molar-refractivity contribution in [3.8, 4) is 0 Å². The number of carbonyl (C=O) groups is 2. The van der Waals surface area contributed by atoms with Gasteiger partial charge in [-0.25, -0.2) is 0 Å². The molecule has 0 aliphatic heterocycles. The summed E-state index contributed by atoms with van der Waals surface area (Å²) in [6.45, 7) is 3.14. The molecule has 2 fully saturated rings. The van der Waals surface area contributed by atoms with Gasteiger partial charge in [0.1, 0.15) is 6.61 Å². The molecule has 0 amide bonds. The zero-order valence-electron chi connectivity index (χ0n) is 12.0. The average Bonchev–Trinajstić information content (AvgIpc) is 2.42. The lowest BCUT2D eigenvalue weighted by molar-refractivity contribution is -0.157. The number of fused-ring (bicyclic) bond motifs is 2. The van der Waals surface area contributed by atoms with Gasteiger partial charge in [-0.15, -0.1) is 0 Å². The molecule has 2 aliphatic rings. The molecule has 2 unspecified atom stereocenters. The van der Waals surface area contributed by atoms with Crippen LogP contribution in [-0.2, 0) is 19.1 Å². The number of carboxylic acid groups (broad SMARTS) is 1. The summed E-state index contributed by atoms with van der Waals surface area (Å²) in [6, 6.07) is 0. The van der Waals surface area contributed by atoms with Gasteiger partial charge in [-0.1, -0.05) is 6.92 Å². The molecule has 0 spiro atoms. The molecule has 20 heavy (non-hydrogen) atoms. The summed E-state index contributed by atoms with van der Waals surface area (Å²) >= 11 is 0. The van der Waals surface area contributed by atoms with Gasteiger partial charge in [0.05, 0.1) is 18.1 Å². The largest absolute Gasteiger partial charge is 0.481 e. The number of carbonyl (C=O) groups excluding carboxylic acids is 1. The van der Waals surface area contributed by atoms with Gasteiger partial charge in [0.15, 0.2) is 0 Å².